The normalized spacial score (nSPS) is 15.4. The summed E-state index contributed by atoms with van der Waals surface area (Å²) in [6.45, 7) is 7.51. The van der Waals surface area contributed by atoms with Crippen molar-refractivity contribution in [2.75, 3.05) is 38.2 Å². The first-order chi connectivity index (χ1) is 15.2. The zero-order chi connectivity index (χ0) is 23.3. The molecule has 0 aliphatic carbocycles. The largest absolute Gasteiger partial charge is 0.507 e. The van der Waals surface area contributed by atoms with Gasteiger partial charge in [0, 0.05) is 49.1 Å². The summed E-state index contributed by atoms with van der Waals surface area (Å²) in [6.07, 6.45) is 0. The number of nitrogens with zero attached hydrogens (tertiary/aromatic N) is 1. The molecule has 0 radical (unpaired) electrons. The van der Waals surface area contributed by atoms with Gasteiger partial charge in [-0.3, -0.25) is 14.5 Å². The molecule has 1 saturated heterocycles. The number of hydrogen-bond acceptors (Lipinski definition) is 5. The van der Waals surface area contributed by atoms with E-state index in [0.717, 1.165) is 25.2 Å². The van der Waals surface area contributed by atoms with Gasteiger partial charge >= 0.3 is 0 Å². The third kappa shape index (κ3) is 6.02. The van der Waals surface area contributed by atoms with E-state index in [1.54, 1.807) is 0 Å². The van der Waals surface area contributed by atoms with Crippen LogP contribution in [0.4, 0.5) is 14.5 Å². The van der Waals surface area contributed by atoms with Crippen molar-refractivity contribution in [3.63, 3.8) is 0 Å². The van der Waals surface area contributed by atoms with E-state index in [4.69, 9.17) is 4.74 Å². The van der Waals surface area contributed by atoms with Crippen LogP contribution in [0.25, 0.3) is 0 Å². The lowest BCUT2D eigenvalue weighted by Gasteiger charge is -2.36. The standard InChI is InChI=1S/C23H27F2N3O4/c1-14(2)20(28-5-7-32-8-6-28)13-26-23(31)19-4-3-18(12-21(19)29)27-22(30)15-9-16(24)11-17(25)10-15/h3-4,9-12,14,20,29H,5-8,13H2,1-2H3,(H,26,31)(H,27,30). The Morgan fingerprint density at radius 2 is 1.72 bits per heavy atom. The van der Waals surface area contributed by atoms with E-state index in [-0.39, 0.29) is 28.6 Å². The molecule has 9 heteroatoms. The van der Waals surface area contributed by atoms with E-state index in [0.29, 0.717) is 31.7 Å². The number of hydrogen-bond donors (Lipinski definition) is 3. The van der Waals surface area contributed by atoms with Gasteiger partial charge in [0.05, 0.1) is 18.8 Å². The van der Waals surface area contributed by atoms with Crippen molar-refractivity contribution in [3.05, 3.63) is 59.2 Å². The molecule has 1 fully saturated rings. The Kier molecular flexibility index (Phi) is 7.76. The molecule has 0 bridgehead atoms. The molecule has 2 amide bonds. The minimum atomic E-state index is -0.873. The Hall–Kier alpha value is -3.04. The van der Waals surface area contributed by atoms with Crippen LogP contribution in [-0.4, -0.2) is 60.7 Å². The first-order valence-corrected chi connectivity index (χ1v) is 10.4. The smallest absolute Gasteiger partial charge is 0.255 e. The average Bonchev–Trinajstić information content (AvgIpc) is 2.73. The molecule has 0 saturated carbocycles. The lowest BCUT2D eigenvalue weighted by Crippen LogP contribution is -2.51. The molecule has 0 spiro atoms. The Balaban J connectivity index is 1.63. The third-order valence-corrected chi connectivity index (χ3v) is 5.38. The lowest BCUT2D eigenvalue weighted by molar-refractivity contribution is 0.00672. The number of benzene rings is 2. The molecule has 3 N–H and O–H groups in total. The molecule has 1 atom stereocenters. The van der Waals surface area contributed by atoms with Crippen molar-refractivity contribution < 1.29 is 28.2 Å². The van der Waals surface area contributed by atoms with Crippen LogP contribution in [0.5, 0.6) is 5.75 Å². The molecule has 1 aliphatic rings. The number of amides is 2. The Labute approximate surface area is 185 Å². The number of anilines is 1. The number of nitrogens with one attached hydrogen (secondary N) is 2. The highest BCUT2D eigenvalue weighted by Crippen LogP contribution is 2.23. The third-order valence-electron chi connectivity index (χ3n) is 5.38. The predicted molar refractivity (Wildman–Crippen MR) is 116 cm³/mol. The first-order valence-electron chi connectivity index (χ1n) is 10.4. The highest BCUT2D eigenvalue weighted by atomic mass is 19.1. The van der Waals surface area contributed by atoms with Crippen molar-refractivity contribution in [3.8, 4) is 5.75 Å². The lowest BCUT2D eigenvalue weighted by atomic mass is 10.0. The van der Waals surface area contributed by atoms with Crippen molar-refractivity contribution >= 4 is 17.5 Å². The topological polar surface area (TPSA) is 90.9 Å². The van der Waals surface area contributed by atoms with Crippen molar-refractivity contribution in [2.45, 2.75) is 19.9 Å². The van der Waals surface area contributed by atoms with Gasteiger partial charge in [-0.2, -0.15) is 0 Å². The summed E-state index contributed by atoms with van der Waals surface area (Å²) in [5, 5.41) is 15.6. The number of phenolic OH excluding ortho intramolecular Hbond substituents is 1. The monoisotopic (exact) mass is 447 g/mol. The fourth-order valence-electron chi connectivity index (χ4n) is 3.68. The van der Waals surface area contributed by atoms with Gasteiger partial charge in [0.15, 0.2) is 0 Å². The van der Waals surface area contributed by atoms with Gasteiger partial charge in [0.25, 0.3) is 11.8 Å². The predicted octanol–water partition coefficient (Wildman–Crippen LogP) is 3.01. The highest BCUT2D eigenvalue weighted by molar-refractivity contribution is 6.05. The van der Waals surface area contributed by atoms with Gasteiger partial charge < -0.3 is 20.5 Å². The summed E-state index contributed by atoms with van der Waals surface area (Å²) < 4.78 is 32.0. The number of phenols is 1. The molecule has 1 unspecified atom stereocenters. The molecule has 7 nitrogen and oxygen atoms in total. The fraction of sp³-hybridized carbons (Fsp3) is 0.391. The van der Waals surface area contributed by atoms with E-state index >= 15 is 0 Å². The second kappa shape index (κ2) is 10.5. The van der Waals surface area contributed by atoms with Crippen LogP contribution < -0.4 is 10.6 Å². The van der Waals surface area contributed by atoms with Crippen molar-refractivity contribution in [1.82, 2.24) is 10.2 Å². The van der Waals surface area contributed by atoms with Gasteiger partial charge in [-0.05, 0) is 30.2 Å². The number of halogens is 2. The quantitative estimate of drug-likeness (QED) is 0.607. The fourth-order valence-corrected chi connectivity index (χ4v) is 3.68. The maximum atomic E-state index is 13.3. The first kappa shape index (κ1) is 23.6. The molecule has 32 heavy (non-hydrogen) atoms. The van der Waals surface area contributed by atoms with Crippen LogP contribution in [0.2, 0.25) is 0 Å². The van der Waals surface area contributed by atoms with Crippen LogP contribution >= 0.6 is 0 Å². The second-order valence-corrected chi connectivity index (χ2v) is 8.01. The second-order valence-electron chi connectivity index (χ2n) is 8.01. The molecule has 0 aromatic heterocycles. The van der Waals surface area contributed by atoms with E-state index in [2.05, 4.69) is 29.4 Å². The number of carbonyl (C=O) groups excluding carboxylic acids is 2. The highest BCUT2D eigenvalue weighted by Gasteiger charge is 2.25. The number of morpholine rings is 1. The SMILES string of the molecule is CC(C)C(CNC(=O)c1ccc(NC(=O)c2cc(F)cc(F)c2)cc1O)N1CCOCC1. The summed E-state index contributed by atoms with van der Waals surface area (Å²) in [5.74, 6) is -2.94. The van der Waals surface area contributed by atoms with Crippen LogP contribution in [0.15, 0.2) is 36.4 Å². The number of rotatable bonds is 7. The molecular weight excluding hydrogens is 420 g/mol. The maximum absolute atomic E-state index is 13.3. The summed E-state index contributed by atoms with van der Waals surface area (Å²) in [5.41, 5.74) is 0.0398. The number of aromatic hydroxyl groups is 1. The van der Waals surface area contributed by atoms with Gasteiger partial charge in [-0.15, -0.1) is 0 Å². The minimum absolute atomic E-state index is 0.0595. The number of carbonyl (C=O) groups is 2. The number of ether oxygens (including phenoxy) is 1. The Morgan fingerprint density at radius 1 is 1.06 bits per heavy atom. The molecule has 1 aliphatic heterocycles. The van der Waals surface area contributed by atoms with Gasteiger partial charge in [0.2, 0.25) is 0 Å². The molecule has 1 heterocycles. The molecule has 2 aromatic rings. The molecule has 3 rings (SSSR count). The zero-order valence-electron chi connectivity index (χ0n) is 18.0. The van der Waals surface area contributed by atoms with Gasteiger partial charge in [0.1, 0.15) is 17.4 Å². The van der Waals surface area contributed by atoms with Crippen molar-refractivity contribution in [2.24, 2.45) is 5.92 Å². The van der Waals surface area contributed by atoms with Crippen LogP contribution in [0.1, 0.15) is 34.6 Å². The summed E-state index contributed by atoms with van der Waals surface area (Å²) in [6, 6.07) is 6.63. The van der Waals surface area contributed by atoms with Crippen molar-refractivity contribution in [1.29, 1.82) is 0 Å². The minimum Gasteiger partial charge on any atom is -0.507 e. The van der Waals surface area contributed by atoms with E-state index in [1.165, 1.54) is 18.2 Å². The van der Waals surface area contributed by atoms with Gasteiger partial charge in [-0.25, -0.2) is 8.78 Å². The van der Waals surface area contributed by atoms with Crippen LogP contribution in [-0.2, 0) is 4.74 Å². The average molecular weight is 447 g/mol. The zero-order valence-corrected chi connectivity index (χ0v) is 18.0. The van der Waals surface area contributed by atoms with E-state index < -0.39 is 23.4 Å². The molecule has 2 aromatic carbocycles. The van der Waals surface area contributed by atoms with Crippen LogP contribution in [0.3, 0.4) is 0 Å². The van der Waals surface area contributed by atoms with E-state index in [1.807, 2.05) is 0 Å². The van der Waals surface area contributed by atoms with Gasteiger partial charge in [-0.1, -0.05) is 13.8 Å². The maximum Gasteiger partial charge on any atom is 0.255 e. The summed E-state index contributed by atoms with van der Waals surface area (Å²) in [7, 11) is 0. The Bertz CT molecular complexity index is 957. The molecular formula is C23H27F2N3O4. The van der Waals surface area contributed by atoms with E-state index in [9.17, 15) is 23.5 Å². The summed E-state index contributed by atoms with van der Waals surface area (Å²) in [4.78, 5) is 27.1. The summed E-state index contributed by atoms with van der Waals surface area (Å²) >= 11 is 0. The molecule has 172 valence electrons. The Morgan fingerprint density at radius 3 is 2.31 bits per heavy atom. The van der Waals surface area contributed by atoms with Crippen LogP contribution in [0, 0.1) is 17.6 Å².